The van der Waals surface area contributed by atoms with Gasteiger partial charge in [-0.15, -0.1) is 0 Å². The lowest BCUT2D eigenvalue weighted by atomic mass is 9.96. The van der Waals surface area contributed by atoms with E-state index in [1.807, 2.05) is 26.0 Å². The van der Waals surface area contributed by atoms with E-state index in [-0.39, 0.29) is 11.8 Å². The van der Waals surface area contributed by atoms with E-state index in [0.717, 1.165) is 18.5 Å². The smallest absolute Gasteiger partial charge is 0.241 e. The molecule has 0 spiro atoms. The molecule has 0 heterocycles. The van der Waals surface area contributed by atoms with Crippen LogP contribution in [0.25, 0.3) is 0 Å². The number of fused-ring (bicyclic) bond motifs is 1. The molecule has 1 aromatic rings. The van der Waals surface area contributed by atoms with E-state index >= 15 is 0 Å². The first-order valence-electron chi connectivity index (χ1n) is 6.44. The predicted molar refractivity (Wildman–Crippen MR) is 71.0 cm³/mol. The van der Waals surface area contributed by atoms with Crippen molar-refractivity contribution in [1.29, 1.82) is 5.26 Å². The van der Waals surface area contributed by atoms with Gasteiger partial charge in [0, 0.05) is 5.69 Å². The molecule has 0 saturated heterocycles. The summed E-state index contributed by atoms with van der Waals surface area (Å²) in [6.45, 7) is 3.77. The molecule has 3 nitrogen and oxygen atoms in total. The second kappa shape index (κ2) is 5.22. The van der Waals surface area contributed by atoms with Crippen LogP contribution in [-0.4, -0.2) is 5.91 Å². The van der Waals surface area contributed by atoms with E-state index < -0.39 is 5.92 Å². The van der Waals surface area contributed by atoms with Crippen LogP contribution < -0.4 is 5.32 Å². The molecule has 1 aromatic carbocycles. The van der Waals surface area contributed by atoms with Gasteiger partial charge in [-0.3, -0.25) is 4.79 Å². The van der Waals surface area contributed by atoms with Gasteiger partial charge in [0.25, 0.3) is 0 Å². The quantitative estimate of drug-likeness (QED) is 0.886. The van der Waals surface area contributed by atoms with Crippen LogP contribution in [0.4, 0.5) is 5.69 Å². The first-order chi connectivity index (χ1) is 8.61. The van der Waals surface area contributed by atoms with Crippen LogP contribution in [0.2, 0.25) is 0 Å². The predicted octanol–water partition coefficient (Wildman–Crippen LogP) is 2.91. The minimum Gasteiger partial charge on any atom is -0.325 e. The molecule has 1 amide bonds. The number of carbonyl (C=O) groups excluding carboxylic acids is 1. The molecule has 0 radical (unpaired) electrons. The fraction of sp³-hybridized carbons (Fsp3) is 0.467. The molecular formula is C15H18N2O. The number of nitriles is 1. The van der Waals surface area contributed by atoms with Crippen LogP contribution in [0, 0.1) is 23.2 Å². The number of aryl methyl sites for hydroxylation is 2. The minimum absolute atomic E-state index is 0.0319. The number of amides is 1. The van der Waals surface area contributed by atoms with Gasteiger partial charge >= 0.3 is 0 Å². The van der Waals surface area contributed by atoms with Crippen molar-refractivity contribution in [2.45, 2.75) is 33.1 Å². The number of hydrogen-bond acceptors (Lipinski definition) is 2. The standard InChI is InChI=1S/C15H18N2O/c1-10(2)14(9-16)15(18)17-13-7-6-11-4-3-5-12(11)8-13/h6-8,10,14H,3-5H2,1-2H3,(H,17,18). The SMILES string of the molecule is CC(C)C(C#N)C(=O)Nc1ccc2c(c1)CCC2. The van der Waals surface area contributed by atoms with Crippen molar-refractivity contribution >= 4 is 11.6 Å². The van der Waals surface area contributed by atoms with E-state index in [0.29, 0.717) is 0 Å². The van der Waals surface area contributed by atoms with Crippen molar-refractivity contribution in [3.63, 3.8) is 0 Å². The number of anilines is 1. The number of benzene rings is 1. The van der Waals surface area contributed by atoms with Crippen molar-refractivity contribution in [2.75, 3.05) is 5.32 Å². The summed E-state index contributed by atoms with van der Waals surface area (Å²) in [5, 5.41) is 11.8. The van der Waals surface area contributed by atoms with Gasteiger partial charge in [0.15, 0.2) is 0 Å². The molecule has 1 aliphatic rings. The van der Waals surface area contributed by atoms with Crippen molar-refractivity contribution in [3.05, 3.63) is 29.3 Å². The molecule has 94 valence electrons. The molecule has 0 aliphatic heterocycles. The van der Waals surface area contributed by atoms with Gasteiger partial charge in [0.1, 0.15) is 5.92 Å². The molecular weight excluding hydrogens is 224 g/mol. The van der Waals surface area contributed by atoms with Crippen LogP contribution in [0.15, 0.2) is 18.2 Å². The lowest BCUT2D eigenvalue weighted by Crippen LogP contribution is -2.25. The molecule has 0 fully saturated rings. The van der Waals surface area contributed by atoms with Crippen LogP contribution in [0.5, 0.6) is 0 Å². The highest BCUT2D eigenvalue weighted by Gasteiger charge is 2.22. The molecule has 1 aliphatic carbocycles. The summed E-state index contributed by atoms with van der Waals surface area (Å²) in [5.41, 5.74) is 3.51. The first kappa shape index (κ1) is 12.6. The Hall–Kier alpha value is -1.82. The number of rotatable bonds is 3. The number of carbonyl (C=O) groups is 1. The Morgan fingerprint density at radius 1 is 1.33 bits per heavy atom. The molecule has 18 heavy (non-hydrogen) atoms. The Morgan fingerprint density at radius 2 is 2.06 bits per heavy atom. The third kappa shape index (κ3) is 2.53. The van der Waals surface area contributed by atoms with E-state index in [1.165, 1.54) is 17.5 Å². The highest BCUT2D eigenvalue weighted by atomic mass is 16.1. The molecule has 0 aromatic heterocycles. The fourth-order valence-corrected chi connectivity index (χ4v) is 2.38. The maximum atomic E-state index is 12.0. The summed E-state index contributed by atoms with van der Waals surface area (Å²) in [5.74, 6) is -0.756. The van der Waals surface area contributed by atoms with Gasteiger partial charge in [-0.25, -0.2) is 0 Å². The maximum absolute atomic E-state index is 12.0. The minimum atomic E-state index is -0.585. The Labute approximate surface area is 108 Å². The molecule has 1 atom stereocenters. The lowest BCUT2D eigenvalue weighted by Gasteiger charge is -2.13. The van der Waals surface area contributed by atoms with Gasteiger partial charge < -0.3 is 5.32 Å². The van der Waals surface area contributed by atoms with Crippen molar-refractivity contribution in [2.24, 2.45) is 11.8 Å². The second-order valence-corrected chi connectivity index (χ2v) is 5.18. The van der Waals surface area contributed by atoms with Crippen LogP contribution in [0.1, 0.15) is 31.4 Å². The normalized spacial score (nSPS) is 15.0. The maximum Gasteiger partial charge on any atom is 0.241 e. The number of nitrogens with one attached hydrogen (secondary N) is 1. The average Bonchev–Trinajstić information content (AvgIpc) is 2.76. The zero-order valence-corrected chi connectivity index (χ0v) is 10.9. The summed E-state index contributed by atoms with van der Waals surface area (Å²) in [6, 6.07) is 8.10. The van der Waals surface area contributed by atoms with Crippen LogP contribution >= 0.6 is 0 Å². The zero-order chi connectivity index (χ0) is 13.1. The molecule has 1 unspecified atom stereocenters. The van der Waals surface area contributed by atoms with Gasteiger partial charge in [0.2, 0.25) is 5.91 Å². The molecule has 1 N–H and O–H groups in total. The fourth-order valence-electron chi connectivity index (χ4n) is 2.38. The molecule has 3 heteroatoms. The summed E-state index contributed by atoms with van der Waals surface area (Å²) < 4.78 is 0. The first-order valence-corrected chi connectivity index (χ1v) is 6.44. The third-order valence-corrected chi connectivity index (χ3v) is 3.45. The molecule has 0 bridgehead atoms. The van der Waals surface area contributed by atoms with E-state index in [2.05, 4.69) is 17.5 Å². The highest BCUT2D eigenvalue weighted by Crippen LogP contribution is 2.25. The summed E-state index contributed by atoms with van der Waals surface area (Å²) in [4.78, 5) is 12.0. The van der Waals surface area contributed by atoms with E-state index in [9.17, 15) is 4.79 Å². The van der Waals surface area contributed by atoms with Crippen molar-refractivity contribution in [1.82, 2.24) is 0 Å². The number of nitrogens with zero attached hydrogens (tertiary/aromatic N) is 1. The summed E-state index contributed by atoms with van der Waals surface area (Å²) in [6.07, 6.45) is 3.42. The summed E-state index contributed by atoms with van der Waals surface area (Å²) in [7, 11) is 0. The van der Waals surface area contributed by atoms with Crippen molar-refractivity contribution < 1.29 is 4.79 Å². The van der Waals surface area contributed by atoms with Crippen LogP contribution in [0.3, 0.4) is 0 Å². The second-order valence-electron chi connectivity index (χ2n) is 5.18. The van der Waals surface area contributed by atoms with E-state index in [4.69, 9.17) is 5.26 Å². The monoisotopic (exact) mass is 242 g/mol. The van der Waals surface area contributed by atoms with Gasteiger partial charge in [-0.2, -0.15) is 5.26 Å². The van der Waals surface area contributed by atoms with E-state index in [1.54, 1.807) is 0 Å². The Kier molecular flexibility index (Phi) is 3.66. The summed E-state index contributed by atoms with van der Waals surface area (Å²) >= 11 is 0. The molecule has 2 rings (SSSR count). The largest absolute Gasteiger partial charge is 0.325 e. The highest BCUT2D eigenvalue weighted by molar-refractivity contribution is 5.94. The van der Waals surface area contributed by atoms with Gasteiger partial charge in [0.05, 0.1) is 6.07 Å². The molecule has 0 saturated carbocycles. The zero-order valence-electron chi connectivity index (χ0n) is 10.9. The topological polar surface area (TPSA) is 52.9 Å². The Bertz CT molecular complexity index is 500. The van der Waals surface area contributed by atoms with Crippen molar-refractivity contribution in [3.8, 4) is 6.07 Å². The average molecular weight is 242 g/mol. The van der Waals surface area contributed by atoms with Gasteiger partial charge in [-0.1, -0.05) is 19.9 Å². The Morgan fingerprint density at radius 3 is 2.72 bits per heavy atom. The number of hydrogen-bond donors (Lipinski definition) is 1. The lowest BCUT2D eigenvalue weighted by molar-refractivity contribution is -0.119. The van der Waals surface area contributed by atoms with Gasteiger partial charge in [-0.05, 0) is 48.4 Å². The Balaban J connectivity index is 2.10. The van der Waals surface area contributed by atoms with Crippen LogP contribution in [-0.2, 0) is 17.6 Å². The third-order valence-electron chi connectivity index (χ3n) is 3.45.